The summed E-state index contributed by atoms with van der Waals surface area (Å²) in [6.45, 7) is 1.54. The van der Waals surface area contributed by atoms with Crippen molar-refractivity contribution in [3.63, 3.8) is 0 Å². The van der Waals surface area contributed by atoms with E-state index in [2.05, 4.69) is 5.10 Å². The summed E-state index contributed by atoms with van der Waals surface area (Å²) in [6.07, 6.45) is -0.722. The van der Waals surface area contributed by atoms with Crippen molar-refractivity contribution in [2.24, 2.45) is 0 Å². The molecule has 6 nitrogen and oxygen atoms in total. The van der Waals surface area contributed by atoms with E-state index in [1.807, 2.05) is 6.92 Å². The summed E-state index contributed by atoms with van der Waals surface area (Å²) in [5.74, 6) is -0.176. The Morgan fingerprint density at radius 2 is 2.17 bits per heavy atom. The Balaban J connectivity index is 3.04. The van der Waals surface area contributed by atoms with Crippen LogP contribution >= 0.6 is 0 Å². The molecule has 2 N–H and O–H groups in total. The summed E-state index contributed by atoms with van der Waals surface area (Å²) in [6, 6.07) is 0. The molecule has 1 aromatic rings. The van der Waals surface area contributed by atoms with Gasteiger partial charge < -0.3 is 5.73 Å². The van der Waals surface area contributed by atoms with Gasteiger partial charge in [-0.25, -0.2) is 17.2 Å². The zero-order valence-electron chi connectivity index (χ0n) is 10.2. The molecule has 0 spiro atoms. The van der Waals surface area contributed by atoms with E-state index in [-0.39, 0.29) is 10.7 Å². The fourth-order valence-electron chi connectivity index (χ4n) is 1.42. The Kier molecular flexibility index (Phi) is 4.63. The summed E-state index contributed by atoms with van der Waals surface area (Å²) in [5.41, 5.74) is 5.50. The van der Waals surface area contributed by atoms with Gasteiger partial charge in [0.05, 0.1) is 6.54 Å². The molecule has 1 rings (SSSR count). The number of nitrogen functional groups attached to an aromatic ring is 1. The van der Waals surface area contributed by atoms with Gasteiger partial charge in [0.15, 0.2) is 5.82 Å². The monoisotopic (exact) mass is 282 g/mol. The van der Waals surface area contributed by atoms with Crippen LogP contribution in [0, 0.1) is 0 Å². The van der Waals surface area contributed by atoms with Gasteiger partial charge >= 0.3 is 0 Å². The van der Waals surface area contributed by atoms with Crippen molar-refractivity contribution >= 4 is 15.8 Å². The maximum Gasteiger partial charge on any atom is 0.252 e. The molecule has 0 fully saturated rings. The molecule has 0 saturated heterocycles. The van der Waals surface area contributed by atoms with Gasteiger partial charge in [0, 0.05) is 19.8 Å². The minimum atomic E-state index is -4.02. The predicted molar refractivity (Wildman–Crippen MR) is 62.8 cm³/mol. The van der Waals surface area contributed by atoms with Crippen LogP contribution in [-0.2, 0) is 16.6 Å². The number of alkyl halides is 2. The summed E-state index contributed by atoms with van der Waals surface area (Å²) in [4.78, 5) is -0.237. The molecule has 0 radical (unpaired) electrons. The molecule has 0 unspecified atom stereocenters. The van der Waals surface area contributed by atoms with Crippen LogP contribution in [0.4, 0.5) is 14.6 Å². The maximum atomic E-state index is 12.2. The Morgan fingerprint density at radius 1 is 1.56 bits per heavy atom. The fourth-order valence-corrected chi connectivity index (χ4v) is 2.63. The van der Waals surface area contributed by atoms with Crippen molar-refractivity contribution in [3.8, 4) is 0 Å². The third-order valence-electron chi connectivity index (χ3n) is 2.29. The highest BCUT2D eigenvalue weighted by Crippen LogP contribution is 2.20. The quantitative estimate of drug-likeness (QED) is 0.835. The van der Waals surface area contributed by atoms with Gasteiger partial charge in [-0.05, 0) is 6.42 Å². The van der Waals surface area contributed by atoms with Crippen LogP contribution in [0.3, 0.4) is 0 Å². The minimum Gasteiger partial charge on any atom is -0.381 e. The van der Waals surface area contributed by atoms with Crippen LogP contribution < -0.4 is 5.73 Å². The predicted octanol–water partition coefficient (Wildman–Crippen LogP) is 0.761. The van der Waals surface area contributed by atoms with Crippen molar-refractivity contribution in [1.29, 1.82) is 0 Å². The first-order chi connectivity index (χ1) is 8.28. The largest absolute Gasteiger partial charge is 0.381 e. The Bertz CT molecular complexity index is 501. The number of rotatable bonds is 6. The molecule has 0 saturated carbocycles. The summed E-state index contributed by atoms with van der Waals surface area (Å²) < 4.78 is 50.3. The molecule has 0 aliphatic carbocycles. The lowest BCUT2D eigenvalue weighted by atomic mass is 10.5. The van der Waals surface area contributed by atoms with Gasteiger partial charge in [0.2, 0.25) is 10.0 Å². The molecule has 0 aliphatic heterocycles. The molecule has 18 heavy (non-hydrogen) atoms. The van der Waals surface area contributed by atoms with E-state index < -0.39 is 23.0 Å². The van der Waals surface area contributed by atoms with Gasteiger partial charge in [-0.1, -0.05) is 6.92 Å². The standard InChI is InChI=1S/C9H16F2N4O2S/c1-3-4-15-5-7(9(12)13-15)18(16,17)14(2)6-8(10)11/h5,8H,3-4,6H2,1-2H3,(H2,12,13). The maximum absolute atomic E-state index is 12.2. The van der Waals surface area contributed by atoms with Crippen LogP contribution in [0.1, 0.15) is 13.3 Å². The first kappa shape index (κ1) is 14.8. The van der Waals surface area contributed by atoms with E-state index in [4.69, 9.17) is 5.73 Å². The number of halogens is 2. The Labute approximate surface area is 104 Å². The fraction of sp³-hybridized carbons (Fsp3) is 0.667. The number of nitrogens with two attached hydrogens (primary N) is 1. The van der Waals surface area contributed by atoms with Gasteiger partial charge in [-0.3, -0.25) is 4.68 Å². The second kappa shape index (κ2) is 5.61. The average Bonchev–Trinajstić information content (AvgIpc) is 2.59. The molecule has 0 aliphatic rings. The van der Waals surface area contributed by atoms with E-state index in [0.29, 0.717) is 10.8 Å². The van der Waals surface area contributed by atoms with E-state index in [0.717, 1.165) is 13.5 Å². The smallest absolute Gasteiger partial charge is 0.252 e. The lowest BCUT2D eigenvalue weighted by Gasteiger charge is -2.15. The van der Waals surface area contributed by atoms with E-state index >= 15 is 0 Å². The van der Waals surface area contributed by atoms with Gasteiger partial charge in [0.25, 0.3) is 6.43 Å². The topological polar surface area (TPSA) is 81.2 Å². The number of aromatic nitrogens is 2. The van der Waals surface area contributed by atoms with Gasteiger partial charge in [-0.15, -0.1) is 0 Å². The number of hydrogen-bond acceptors (Lipinski definition) is 4. The van der Waals surface area contributed by atoms with Crippen molar-refractivity contribution < 1.29 is 17.2 Å². The van der Waals surface area contributed by atoms with Crippen LogP contribution in [0.5, 0.6) is 0 Å². The highest BCUT2D eigenvalue weighted by Gasteiger charge is 2.27. The van der Waals surface area contributed by atoms with Gasteiger partial charge in [0.1, 0.15) is 4.90 Å². The summed E-state index contributed by atoms with van der Waals surface area (Å²) in [5, 5.41) is 3.83. The van der Waals surface area contributed by atoms with Crippen molar-refractivity contribution in [2.45, 2.75) is 31.2 Å². The zero-order chi connectivity index (χ0) is 13.9. The molecular formula is C9H16F2N4O2S. The average molecular weight is 282 g/mol. The SMILES string of the molecule is CCCn1cc(S(=O)(=O)N(C)CC(F)F)c(N)n1. The van der Waals surface area contributed by atoms with Gasteiger partial charge in [-0.2, -0.15) is 9.40 Å². The van der Waals surface area contributed by atoms with Crippen LogP contribution in [-0.4, -0.2) is 42.5 Å². The molecule has 0 bridgehead atoms. The highest BCUT2D eigenvalue weighted by molar-refractivity contribution is 7.89. The molecular weight excluding hydrogens is 266 g/mol. The van der Waals surface area contributed by atoms with E-state index in [1.165, 1.54) is 10.9 Å². The highest BCUT2D eigenvalue weighted by atomic mass is 32.2. The molecule has 0 atom stereocenters. The number of aryl methyl sites for hydroxylation is 1. The normalized spacial score (nSPS) is 12.6. The minimum absolute atomic E-state index is 0.176. The zero-order valence-corrected chi connectivity index (χ0v) is 11.0. The van der Waals surface area contributed by atoms with Crippen molar-refractivity contribution in [2.75, 3.05) is 19.3 Å². The van der Waals surface area contributed by atoms with Crippen molar-refractivity contribution in [3.05, 3.63) is 6.20 Å². The van der Waals surface area contributed by atoms with Crippen LogP contribution in [0.2, 0.25) is 0 Å². The van der Waals surface area contributed by atoms with E-state index in [1.54, 1.807) is 0 Å². The first-order valence-corrected chi connectivity index (χ1v) is 6.80. The lowest BCUT2D eigenvalue weighted by Crippen LogP contribution is -2.31. The molecule has 1 aromatic heterocycles. The molecule has 104 valence electrons. The number of anilines is 1. The Morgan fingerprint density at radius 3 is 2.67 bits per heavy atom. The lowest BCUT2D eigenvalue weighted by molar-refractivity contribution is 0.126. The number of nitrogens with zero attached hydrogens (tertiary/aromatic N) is 3. The first-order valence-electron chi connectivity index (χ1n) is 5.36. The second-order valence-electron chi connectivity index (χ2n) is 3.82. The Hall–Kier alpha value is -1.22. The second-order valence-corrected chi connectivity index (χ2v) is 5.83. The van der Waals surface area contributed by atoms with Crippen LogP contribution in [0.15, 0.2) is 11.1 Å². The third kappa shape index (κ3) is 3.16. The third-order valence-corrected chi connectivity index (χ3v) is 4.13. The molecule has 0 aromatic carbocycles. The number of hydrogen-bond donors (Lipinski definition) is 1. The van der Waals surface area contributed by atoms with Crippen LogP contribution in [0.25, 0.3) is 0 Å². The van der Waals surface area contributed by atoms with E-state index in [9.17, 15) is 17.2 Å². The number of sulfonamides is 1. The molecule has 9 heteroatoms. The summed E-state index contributed by atoms with van der Waals surface area (Å²) in [7, 11) is -2.94. The molecule has 1 heterocycles. The summed E-state index contributed by atoms with van der Waals surface area (Å²) >= 11 is 0. The van der Waals surface area contributed by atoms with Crippen molar-refractivity contribution in [1.82, 2.24) is 14.1 Å². The molecule has 0 amide bonds.